The molecule has 4 rings (SSSR count). The standard InChI is InChI=1S/C27H38N4O3/c1-18-13-14-22(23(16-18)33-5)24-20-11-7-6-8-12-21(20)25(30-29-24)28-19-10-9-15-31(17-19)26(32)34-27(2,3)4/h13-14,16,19H,6-12,15,17H2,1-5H3,(H,28,30)/t19-/m1/s1. The van der Waals surface area contributed by atoms with Gasteiger partial charge < -0.3 is 19.7 Å². The zero-order valence-electron chi connectivity index (χ0n) is 21.2. The number of nitrogens with one attached hydrogen (secondary N) is 1. The number of fused-ring (bicyclic) bond motifs is 1. The molecular formula is C27H38N4O3. The predicted octanol–water partition coefficient (Wildman–Crippen LogP) is 5.54. The first kappa shape index (κ1) is 24.3. The number of benzene rings is 1. The molecule has 1 saturated heterocycles. The first-order valence-corrected chi connectivity index (χ1v) is 12.5. The Morgan fingerprint density at radius 3 is 2.59 bits per heavy atom. The zero-order chi connectivity index (χ0) is 24.3. The summed E-state index contributed by atoms with van der Waals surface area (Å²) in [7, 11) is 1.71. The lowest BCUT2D eigenvalue weighted by Gasteiger charge is -2.35. The summed E-state index contributed by atoms with van der Waals surface area (Å²) in [5, 5.41) is 13.0. The maximum atomic E-state index is 12.6. The number of methoxy groups -OCH3 is 1. The number of hydrogen-bond acceptors (Lipinski definition) is 6. The van der Waals surface area contributed by atoms with E-state index in [-0.39, 0.29) is 12.1 Å². The molecule has 184 valence electrons. The van der Waals surface area contributed by atoms with Gasteiger partial charge in [-0.05, 0) is 89.5 Å². The topological polar surface area (TPSA) is 76.6 Å². The average Bonchev–Trinajstić information content (AvgIpc) is 3.05. The van der Waals surface area contributed by atoms with Crippen LogP contribution >= 0.6 is 0 Å². The molecule has 0 saturated carbocycles. The molecule has 1 aliphatic heterocycles. The van der Waals surface area contributed by atoms with E-state index in [0.717, 1.165) is 73.5 Å². The van der Waals surface area contributed by atoms with E-state index in [0.29, 0.717) is 6.54 Å². The molecular weight excluding hydrogens is 428 g/mol. The molecule has 1 N–H and O–H groups in total. The third kappa shape index (κ3) is 5.62. The Morgan fingerprint density at radius 2 is 1.85 bits per heavy atom. The van der Waals surface area contributed by atoms with Crippen LogP contribution in [0.1, 0.15) is 69.6 Å². The Bertz CT molecular complexity index is 1030. The van der Waals surface area contributed by atoms with Crippen molar-refractivity contribution in [3.8, 4) is 17.0 Å². The molecule has 1 aliphatic carbocycles. The second kappa shape index (κ2) is 10.2. The first-order valence-electron chi connectivity index (χ1n) is 12.5. The number of nitrogens with zero attached hydrogens (tertiary/aromatic N) is 3. The molecule has 0 bridgehead atoms. The number of rotatable bonds is 4. The van der Waals surface area contributed by atoms with Crippen molar-refractivity contribution in [2.75, 3.05) is 25.5 Å². The van der Waals surface area contributed by atoms with E-state index in [2.05, 4.69) is 35.5 Å². The Hall–Kier alpha value is -2.83. The Morgan fingerprint density at radius 1 is 1.09 bits per heavy atom. The maximum absolute atomic E-state index is 12.6. The van der Waals surface area contributed by atoms with Gasteiger partial charge in [0.2, 0.25) is 0 Å². The summed E-state index contributed by atoms with van der Waals surface area (Å²) in [5.74, 6) is 1.70. The van der Waals surface area contributed by atoms with Crippen LogP contribution in [0, 0.1) is 6.92 Å². The molecule has 0 spiro atoms. The van der Waals surface area contributed by atoms with Gasteiger partial charge in [0.05, 0.1) is 7.11 Å². The minimum absolute atomic E-state index is 0.127. The van der Waals surface area contributed by atoms with E-state index in [1.807, 2.05) is 25.7 Å². The average molecular weight is 467 g/mol. The van der Waals surface area contributed by atoms with E-state index >= 15 is 0 Å². The van der Waals surface area contributed by atoms with Crippen LogP contribution in [0.15, 0.2) is 18.2 Å². The monoisotopic (exact) mass is 466 g/mol. The van der Waals surface area contributed by atoms with Crippen molar-refractivity contribution in [2.24, 2.45) is 0 Å². The van der Waals surface area contributed by atoms with Crippen LogP contribution < -0.4 is 10.1 Å². The van der Waals surface area contributed by atoms with Gasteiger partial charge >= 0.3 is 6.09 Å². The number of amides is 1. The van der Waals surface area contributed by atoms with Gasteiger partial charge in [-0.25, -0.2) is 4.79 Å². The molecule has 2 aromatic rings. The van der Waals surface area contributed by atoms with Crippen LogP contribution in [-0.4, -0.2) is 53.0 Å². The number of anilines is 1. The van der Waals surface area contributed by atoms with Crippen molar-refractivity contribution in [3.05, 3.63) is 34.9 Å². The van der Waals surface area contributed by atoms with Gasteiger partial charge in [0, 0.05) is 30.3 Å². The SMILES string of the molecule is COc1cc(C)ccc1-c1nnc(N[C@@H]2CCCN(C(=O)OC(C)(C)C)C2)c2c1CCCCC2. The summed E-state index contributed by atoms with van der Waals surface area (Å²) in [6, 6.07) is 6.38. The zero-order valence-corrected chi connectivity index (χ0v) is 21.2. The van der Waals surface area contributed by atoms with Crippen molar-refractivity contribution in [2.45, 2.75) is 84.3 Å². The lowest BCUT2D eigenvalue weighted by atomic mass is 9.96. The van der Waals surface area contributed by atoms with E-state index < -0.39 is 5.60 Å². The fraction of sp³-hybridized carbons (Fsp3) is 0.593. The largest absolute Gasteiger partial charge is 0.496 e. The molecule has 1 fully saturated rings. The lowest BCUT2D eigenvalue weighted by Crippen LogP contribution is -2.47. The third-order valence-electron chi connectivity index (χ3n) is 6.57. The number of hydrogen-bond donors (Lipinski definition) is 1. The number of likely N-dealkylation sites (tertiary alicyclic amines) is 1. The number of aryl methyl sites for hydroxylation is 1. The highest BCUT2D eigenvalue weighted by molar-refractivity contribution is 5.73. The molecule has 1 aromatic heterocycles. The second-order valence-electron chi connectivity index (χ2n) is 10.5. The van der Waals surface area contributed by atoms with Gasteiger partial charge in [0.25, 0.3) is 0 Å². The summed E-state index contributed by atoms with van der Waals surface area (Å²) in [4.78, 5) is 14.4. The number of carbonyl (C=O) groups is 1. The summed E-state index contributed by atoms with van der Waals surface area (Å²) >= 11 is 0. The van der Waals surface area contributed by atoms with Crippen LogP contribution in [0.25, 0.3) is 11.3 Å². The van der Waals surface area contributed by atoms with Gasteiger partial charge in [0.15, 0.2) is 5.82 Å². The second-order valence-corrected chi connectivity index (χ2v) is 10.5. The highest BCUT2D eigenvalue weighted by atomic mass is 16.6. The van der Waals surface area contributed by atoms with Crippen LogP contribution in [0.5, 0.6) is 5.75 Å². The van der Waals surface area contributed by atoms with Gasteiger partial charge in [-0.2, -0.15) is 0 Å². The molecule has 7 heteroatoms. The highest BCUT2D eigenvalue weighted by Crippen LogP contribution is 2.37. The van der Waals surface area contributed by atoms with Gasteiger partial charge in [-0.3, -0.25) is 0 Å². The maximum Gasteiger partial charge on any atom is 0.410 e. The molecule has 0 radical (unpaired) electrons. The highest BCUT2D eigenvalue weighted by Gasteiger charge is 2.29. The van der Waals surface area contributed by atoms with Crippen molar-refractivity contribution < 1.29 is 14.3 Å². The normalized spacial score (nSPS) is 18.6. The number of aromatic nitrogens is 2. The molecule has 2 aliphatic rings. The number of piperidine rings is 1. The van der Waals surface area contributed by atoms with Crippen LogP contribution in [0.4, 0.5) is 10.6 Å². The molecule has 1 aromatic carbocycles. The third-order valence-corrected chi connectivity index (χ3v) is 6.57. The fourth-order valence-corrected chi connectivity index (χ4v) is 4.93. The van der Waals surface area contributed by atoms with E-state index in [1.54, 1.807) is 7.11 Å². The van der Waals surface area contributed by atoms with E-state index in [4.69, 9.17) is 14.6 Å². The van der Waals surface area contributed by atoms with E-state index in [9.17, 15) is 4.79 Å². The summed E-state index contributed by atoms with van der Waals surface area (Å²) < 4.78 is 11.3. The van der Waals surface area contributed by atoms with Crippen molar-refractivity contribution in [1.82, 2.24) is 15.1 Å². The van der Waals surface area contributed by atoms with Crippen LogP contribution in [-0.2, 0) is 17.6 Å². The molecule has 7 nitrogen and oxygen atoms in total. The van der Waals surface area contributed by atoms with Gasteiger partial charge in [-0.15, -0.1) is 10.2 Å². The Kier molecular flexibility index (Phi) is 7.29. The molecule has 0 unspecified atom stereocenters. The van der Waals surface area contributed by atoms with Crippen molar-refractivity contribution in [1.29, 1.82) is 0 Å². The predicted molar refractivity (Wildman–Crippen MR) is 134 cm³/mol. The molecule has 1 atom stereocenters. The number of carbonyl (C=O) groups excluding carboxylic acids is 1. The Labute approximate surface area is 203 Å². The lowest BCUT2D eigenvalue weighted by molar-refractivity contribution is 0.0206. The van der Waals surface area contributed by atoms with Gasteiger partial charge in [-0.1, -0.05) is 12.5 Å². The summed E-state index contributed by atoms with van der Waals surface area (Å²) in [5.41, 5.74) is 5.13. The smallest absolute Gasteiger partial charge is 0.410 e. The summed E-state index contributed by atoms with van der Waals surface area (Å²) in [6.45, 7) is 9.11. The minimum Gasteiger partial charge on any atom is -0.496 e. The molecule has 2 heterocycles. The van der Waals surface area contributed by atoms with Crippen molar-refractivity contribution >= 4 is 11.9 Å². The van der Waals surface area contributed by atoms with Crippen LogP contribution in [0.2, 0.25) is 0 Å². The van der Waals surface area contributed by atoms with Crippen LogP contribution in [0.3, 0.4) is 0 Å². The minimum atomic E-state index is -0.493. The fourth-order valence-electron chi connectivity index (χ4n) is 4.93. The van der Waals surface area contributed by atoms with Crippen molar-refractivity contribution in [3.63, 3.8) is 0 Å². The van der Waals surface area contributed by atoms with Gasteiger partial charge in [0.1, 0.15) is 17.0 Å². The quantitative estimate of drug-likeness (QED) is 0.596. The molecule has 34 heavy (non-hydrogen) atoms. The Balaban J connectivity index is 1.61. The van der Waals surface area contributed by atoms with E-state index in [1.165, 1.54) is 17.5 Å². The first-order chi connectivity index (χ1) is 16.2. The molecule has 1 amide bonds. The number of ether oxygens (including phenoxy) is 2. The summed E-state index contributed by atoms with van der Waals surface area (Å²) in [6.07, 6.45) is 7.15.